The number of carbonyl (C=O) groups is 1. The van der Waals surface area contributed by atoms with Gasteiger partial charge in [-0.1, -0.05) is 30.3 Å². The fourth-order valence-electron chi connectivity index (χ4n) is 3.58. The topological polar surface area (TPSA) is 54.4 Å². The van der Waals surface area contributed by atoms with E-state index in [9.17, 15) is 4.79 Å². The molecule has 0 unspecified atom stereocenters. The molecule has 3 aliphatic heterocycles. The van der Waals surface area contributed by atoms with E-state index in [1.165, 1.54) is 0 Å². The number of likely N-dealkylation sites (tertiary alicyclic amines) is 1. The summed E-state index contributed by atoms with van der Waals surface area (Å²) < 4.78 is 11.5. The Morgan fingerprint density at radius 2 is 1.79 bits per heavy atom. The Labute approximate surface area is 142 Å². The van der Waals surface area contributed by atoms with Crippen molar-refractivity contribution in [3.8, 4) is 0 Å². The van der Waals surface area contributed by atoms with Gasteiger partial charge in [-0.05, 0) is 5.56 Å². The maximum atomic E-state index is 12.5. The lowest BCUT2D eigenvalue weighted by atomic mass is 10.0. The highest BCUT2D eigenvalue weighted by Crippen LogP contribution is 2.31. The number of rotatable bonds is 3. The molecule has 6 heteroatoms. The Morgan fingerprint density at radius 3 is 2.50 bits per heavy atom. The molecule has 0 saturated carbocycles. The number of hydrogen-bond acceptors (Lipinski definition) is 5. The standard InChI is InChI=1S/C18H23N3O3/c22-17(14-20-10-7-18(8-11-20)23-12-13-24-18)21-9-6-16(19-21)15-4-2-1-3-5-15/h1-5H,6-14H2. The molecule has 1 spiro atoms. The third kappa shape index (κ3) is 3.22. The van der Waals surface area contributed by atoms with Crippen LogP contribution in [0.5, 0.6) is 0 Å². The van der Waals surface area contributed by atoms with E-state index in [0.29, 0.717) is 26.3 Å². The van der Waals surface area contributed by atoms with Crippen LogP contribution in [0.4, 0.5) is 0 Å². The van der Waals surface area contributed by atoms with Crippen molar-refractivity contribution in [1.82, 2.24) is 9.91 Å². The summed E-state index contributed by atoms with van der Waals surface area (Å²) in [6.45, 7) is 4.12. The molecule has 2 fully saturated rings. The predicted octanol–water partition coefficient (Wildman–Crippen LogP) is 1.46. The highest BCUT2D eigenvalue weighted by Gasteiger charge is 2.40. The number of ether oxygens (including phenoxy) is 2. The second kappa shape index (κ2) is 6.63. The van der Waals surface area contributed by atoms with Gasteiger partial charge in [0.25, 0.3) is 5.91 Å². The monoisotopic (exact) mass is 329 g/mol. The first-order chi connectivity index (χ1) is 11.7. The molecular weight excluding hydrogens is 306 g/mol. The highest BCUT2D eigenvalue weighted by molar-refractivity contribution is 6.02. The maximum absolute atomic E-state index is 12.5. The first-order valence-corrected chi connectivity index (χ1v) is 8.68. The summed E-state index contributed by atoms with van der Waals surface area (Å²) in [5.74, 6) is -0.309. The Morgan fingerprint density at radius 1 is 1.08 bits per heavy atom. The van der Waals surface area contributed by atoms with Crippen molar-refractivity contribution in [2.24, 2.45) is 5.10 Å². The van der Waals surface area contributed by atoms with Gasteiger partial charge in [0.15, 0.2) is 5.79 Å². The molecule has 3 aliphatic rings. The summed E-state index contributed by atoms with van der Waals surface area (Å²) in [7, 11) is 0. The van der Waals surface area contributed by atoms with Crippen LogP contribution in [0.2, 0.25) is 0 Å². The quantitative estimate of drug-likeness (QED) is 0.842. The number of hydrazone groups is 1. The Balaban J connectivity index is 1.32. The average molecular weight is 329 g/mol. The molecule has 0 radical (unpaired) electrons. The van der Waals surface area contributed by atoms with E-state index in [2.05, 4.69) is 10.0 Å². The van der Waals surface area contributed by atoms with Crippen LogP contribution in [-0.4, -0.2) is 66.7 Å². The number of amides is 1. The van der Waals surface area contributed by atoms with Crippen LogP contribution in [0.1, 0.15) is 24.8 Å². The second-order valence-corrected chi connectivity index (χ2v) is 6.56. The largest absolute Gasteiger partial charge is 0.347 e. The van der Waals surface area contributed by atoms with Crippen LogP contribution in [0.25, 0.3) is 0 Å². The average Bonchev–Trinajstić information content (AvgIpc) is 3.28. The van der Waals surface area contributed by atoms with E-state index >= 15 is 0 Å². The fraction of sp³-hybridized carbons (Fsp3) is 0.556. The van der Waals surface area contributed by atoms with Gasteiger partial charge >= 0.3 is 0 Å². The van der Waals surface area contributed by atoms with E-state index < -0.39 is 0 Å². The van der Waals surface area contributed by atoms with E-state index in [-0.39, 0.29) is 11.7 Å². The molecule has 6 nitrogen and oxygen atoms in total. The van der Waals surface area contributed by atoms with Gasteiger partial charge in [0, 0.05) is 32.4 Å². The van der Waals surface area contributed by atoms with Gasteiger partial charge in [0.05, 0.1) is 32.0 Å². The van der Waals surface area contributed by atoms with Gasteiger partial charge in [-0.2, -0.15) is 5.10 Å². The number of hydrogen-bond donors (Lipinski definition) is 0. The minimum atomic E-state index is -0.383. The smallest absolute Gasteiger partial charge is 0.256 e. The van der Waals surface area contributed by atoms with Crippen molar-refractivity contribution in [1.29, 1.82) is 0 Å². The summed E-state index contributed by atoms with van der Waals surface area (Å²) in [6.07, 6.45) is 2.48. The van der Waals surface area contributed by atoms with Crippen LogP contribution < -0.4 is 0 Å². The maximum Gasteiger partial charge on any atom is 0.256 e. The lowest BCUT2D eigenvalue weighted by molar-refractivity contribution is -0.186. The minimum absolute atomic E-state index is 0.0742. The van der Waals surface area contributed by atoms with Crippen molar-refractivity contribution in [2.75, 3.05) is 39.4 Å². The first-order valence-electron chi connectivity index (χ1n) is 8.68. The molecule has 2 saturated heterocycles. The number of benzene rings is 1. The van der Waals surface area contributed by atoms with Crippen molar-refractivity contribution < 1.29 is 14.3 Å². The van der Waals surface area contributed by atoms with Crippen LogP contribution in [0, 0.1) is 0 Å². The van der Waals surface area contributed by atoms with Crippen LogP contribution in [0.15, 0.2) is 35.4 Å². The minimum Gasteiger partial charge on any atom is -0.347 e. The summed E-state index contributed by atoms with van der Waals surface area (Å²) in [5.41, 5.74) is 2.09. The lowest BCUT2D eigenvalue weighted by Crippen LogP contribution is -2.48. The molecular formula is C18H23N3O3. The van der Waals surface area contributed by atoms with Crippen LogP contribution in [0.3, 0.4) is 0 Å². The van der Waals surface area contributed by atoms with Gasteiger partial charge in [-0.3, -0.25) is 9.69 Å². The molecule has 4 rings (SSSR count). The SMILES string of the molecule is O=C(CN1CCC2(CC1)OCCO2)N1CCC(c2ccccc2)=N1. The fourth-order valence-corrected chi connectivity index (χ4v) is 3.58. The van der Waals surface area contributed by atoms with Crippen molar-refractivity contribution in [2.45, 2.75) is 25.0 Å². The zero-order valence-electron chi connectivity index (χ0n) is 13.8. The molecule has 1 aromatic rings. The predicted molar refractivity (Wildman–Crippen MR) is 89.6 cm³/mol. The molecule has 1 amide bonds. The Hall–Kier alpha value is -1.76. The second-order valence-electron chi connectivity index (χ2n) is 6.56. The molecule has 0 aromatic heterocycles. The molecule has 0 atom stereocenters. The first kappa shape index (κ1) is 15.7. The molecule has 3 heterocycles. The van der Waals surface area contributed by atoms with E-state index in [1.54, 1.807) is 5.01 Å². The van der Waals surface area contributed by atoms with Gasteiger partial charge in [0.2, 0.25) is 0 Å². The molecule has 0 N–H and O–H groups in total. The summed E-state index contributed by atoms with van der Waals surface area (Å²) in [4.78, 5) is 14.7. The number of carbonyl (C=O) groups excluding carboxylic acids is 1. The van der Waals surface area contributed by atoms with Crippen LogP contribution >= 0.6 is 0 Å². The Bertz CT molecular complexity index is 616. The van der Waals surface area contributed by atoms with Gasteiger partial charge < -0.3 is 9.47 Å². The molecule has 24 heavy (non-hydrogen) atoms. The van der Waals surface area contributed by atoms with Crippen molar-refractivity contribution in [3.05, 3.63) is 35.9 Å². The third-order valence-corrected chi connectivity index (χ3v) is 4.99. The van der Waals surface area contributed by atoms with E-state index in [1.807, 2.05) is 30.3 Å². The summed E-state index contributed by atoms with van der Waals surface area (Å²) >= 11 is 0. The molecule has 0 bridgehead atoms. The van der Waals surface area contributed by atoms with E-state index in [4.69, 9.17) is 9.47 Å². The van der Waals surface area contributed by atoms with Gasteiger partial charge in [-0.25, -0.2) is 5.01 Å². The zero-order valence-corrected chi connectivity index (χ0v) is 13.8. The van der Waals surface area contributed by atoms with Crippen molar-refractivity contribution in [3.63, 3.8) is 0 Å². The zero-order chi connectivity index (χ0) is 16.4. The molecule has 128 valence electrons. The van der Waals surface area contributed by atoms with E-state index in [0.717, 1.165) is 43.6 Å². The highest BCUT2D eigenvalue weighted by atomic mass is 16.7. The summed E-state index contributed by atoms with van der Waals surface area (Å²) in [5, 5.41) is 6.14. The third-order valence-electron chi connectivity index (χ3n) is 4.99. The summed E-state index contributed by atoms with van der Waals surface area (Å²) in [6, 6.07) is 10.1. The number of nitrogens with zero attached hydrogens (tertiary/aromatic N) is 3. The Kier molecular flexibility index (Phi) is 4.35. The normalized spacial score (nSPS) is 23.7. The van der Waals surface area contributed by atoms with Crippen molar-refractivity contribution >= 4 is 11.6 Å². The molecule has 1 aromatic carbocycles. The lowest BCUT2D eigenvalue weighted by Gasteiger charge is -2.37. The van der Waals surface area contributed by atoms with Crippen LogP contribution in [-0.2, 0) is 14.3 Å². The molecule has 0 aliphatic carbocycles. The van der Waals surface area contributed by atoms with Gasteiger partial charge in [0.1, 0.15) is 0 Å². The number of piperidine rings is 1. The van der Waals surface area contributed by atoms with Gasteiger partial charge in [-0.15, -0.1) is 0 Å².